The molecule has 0 N–H and O–H groups in total. The number of nitrogens with zero attached hydrogens (tertiary/aromatic N) is 1. The highest BCUT2D eigenvalue weighted by Crippen LogP contribution is 2.29. The van der Waals surface area contributed by atoms with Crippen LogP contribution in [0.4, 0.5) is 0 Å². The van der Waals surface area contributed by atoms with Crippen LogP contribution in [-0.4, -0.2) is 10.8 Å². The lowest BCUT2D eigenvalue weighted by Gasteiger charge is -2.19. The molecule has 1 aliphatic carbocycles. The van der Waals surface area contributed by atoms with E-state index in [0.717, 1.165) is 36.9 Å². The van der Waals surface area contributed by atoms with E-state index in [1.807, 2.05) is 12.1 Å². The number of carbonyl (C=O) groups excluding carboxylic acids is 1. The van der Waals surface area contributed by atoms with Gasteiger partial charge >= 0.3 is 0 Å². The number of aryl methyl sites for hydroxylation is 1. The van der Waals surface area contributed by atoms with Crippen LogP contribution in [0, 0.1) is 0 Å². The zero-order valence-corrected chi connectivity index (χ0v) is 10.7. The first-order valence-corrected chi connectivity index (χ1v) is 6.75. The van der Waals surface area contributed by atoms with Gasteiger partial charge in [0.2, 0.25) is 0 Å². The Balaban J connectivity index is 2.33. The quantitative estimate of drug-likeness (QED) is 0.799. The second-order valence-electron chi connectivity index (χ2n) is 4.96. The summed E-state index contributed by atoms with van der Waals surface area (Å²) in [6, 6.07) is 8.19. The molecule has 1 aromatic carbocycles. The van der Waals surface area contributed by atoms with Crippen LogP contribution >= 0.6 is 0 Å². The Bertz CT molecular complexity index is 616. The lowest BCUT2D eigenvalue weighted by molar-refractivity contribution is 0.0967. The van der Waals surface area contributed by atoms with E-state index in [4.69, 9.17) is 0 Å². The van der Waals surface area contributed by atoms with E-state index in [-0.39, 0.29) is 5.78 Å². The number of aromatic nitrogens is 1. The van der Waals surface area contributed by atoms with E-state index in [1.165, 1.54) is 16.5 Å². The Morgan fingerprint density at radius 1 is 1.22 bits per heavy atom. The van der Waals surface area contributed by atoms with Crippen molar-refractivity contribution in [2.45, 2.75) is 39.0 Å². The molecule has 1 aromatic heterocycles. The topological polar surface area (TPSA) is 30.0 Å². The van der Waals surface area contributed by atoms with Crippen LogP contribution in [0.1, 0.15) is 47.8 Å². The van der Waals surface area contributed by atoms with Gasteiger partial charge in [-0.15, -0.1) is 0 Å². The molecule has 18 heavy (non-hydrogen) atoms. The maximum atomic E-state index is 12.0. The van der Waals surface area contributed by atoms with Crippen LogP contribution in [0.25, 0.3) is 10.9 Å². The molecule has 1 heterocycles. The summed E-state index contributed by atoms with van der Waals surface area (Å²) >= 11 is 0. The fourth-order valence-corrected chi connectivity index (χ4v) is 2.90. The van der Waals surface area contributed by atoms with Crippen molar-refractivity contribution in [3.05, 3.63) is 41.1 Å². The second kappa shape index (κ2) is 4.52. The molecule has 0 fully saturated rings. The van der Waals surface area contributed by atoms with Gasteiger partial charge in [0.05, 0.1) is 5.52 Å². The molecule has 0 saturated carbocycles. The molecule has 0 aliphatic heterocycles. The maximum absolute atomic E-state index is 12.0. The fraction of sp³-hybridized carbons (Fsp3) is 0.375. The highest BCUT2D eigenvalue weighted by molar-refractivity contribution is 6.00. The highest BCUT2D eigenvalue weighted by Gasteiger charge is 2.22. The van der Waals surface area contributed by atoms with Gasteiger partial charge in [-0.05, 0) is 36.5 Å². The first kappa shape index (κ1) is 11.4. The van der Waals surface area contributed by atoms with Crippen LogP contribution in [0.5, 0.6) is 0 Å². The molecule has 0 atom stereocenters. The second-order valence-corrected chi connectivity index (χ2v) is 4.96. The SMILES string of the molecule is CCCc1c2c(nc3ccccc13)C(=O)CCC2. The first-order chi connectivity index (χ1) is 8.81. The Hall–Kier alpha value is -1.70. The van der Waals surface area contributed by atoms with Crippen molar-refractivity contribution >= 4 is 16.7 Å². The molecule has 0 saturated heterocycles. The molecule has 0 amide bonds. The zero-order valence-electron chi connectivity index (χ0n) is 10.7. The summed E-state index contributed by atoms with van der Waals surface area (Å²) in [5, 5.41) is 1.23. The van der Waals surface area contributed by atoms with Gasteiger partial charge in [0.1, 0.15) is 5.69 Å². The summed E-state index contributed by atoms with van der Waals surface area (Å²) in [6.07, 6.45) is 4.79. The molecule has 2 nitrogen and oxygen atoms in total. The molecule has 0 bridgehead atoms. The minimum atomic E-state index is 0.222. The molecule has 3 rings (SSSR count). The maximum Gasteiger partial charge on any atom is 0.181 e. The number of para-hydroxylation sites is 1. The smallest absolute Gasteiger partial charge is 0.181 e. The van der Waals surface area contributed by atoms with Crippen molar-refractivity contribution < 1.29 is 4.79 Å². The number of ketones is 1. The molecule has 2 aromatic rings. The van der Waals surface area contributed by atoms with E-state index < -0.39 is 0 Å². The third-order valence-corrected chi connectivity index (χ3v) is 3.71. The zero-order chi connectivity index (χ0) is 12.5. The van der Waals surface area contributed by atoms with Gasteiger partial charge in [-0.3, -0.25) is 4.79 Å². The van der Waals surface area contributed by atoms with E-state index in [9.17, 15) is 4.79 Å². The number of pyridine rings is 1. The van der Waals surface area contributed by atoms with Crippen molar-refractivity contribution in [1.82, 2.24) is 4.98 Å². The molecule has 0 unspecified atom stereocenters. The molecular formula is C16H17NO. The van der Waals surface area contributed by atoms with Crippen LogP contribution in [0.3, 0.4) is 0 Å². The van der Waals surface area contributed by atoms with Crippen molar-refractivity contribution in [3.8, 4) is 0 Å². The summed E-state index contributed by atoms with van der Waals surface area (Å²) in [6.45, 7) is 2.19. The highest BCUT2D eigenvalue weighted by atomic mass is 16.1. The third-order valence-electron chi connectivity index (χ3n) is 3.71. The van der Waals surface area contributed by atoms with Gasteiger partial charge in [-0.2, -0.15) is 0 Å². The Morgan fingerprint density at radius 3 is 2.89 bits per heavy atom. The van der Waals surface area contributed by atoms with E-state index in [2.05, 4.69) is 24.0 Å². The normalized spacial score (nSPS) is 14.8. The number of hydrogen-bond donors (Lipinski definition) is 0. The predicted octanol–water partition coefficient (Wildman–Crippen LogP) is 3.71. The Morgan fingerprint density at radius 2 is 2.06 bits per heavy atom. The van der Waals surface area contributed by atoms with E-state index in [1.54, 1.807) is 0 Å². The minimum absolute atomic E-state index is 0.222. The molecular weight excluding hydrogens is 222 g/mol. The molecule has 2 heteroatoms. The summed E-state index contributed by atoms with van der Waals surface area (Å²) in [5.41, 5.74) is 4.27. The van der Waals surface area contributed by atoms with Crippen molar-refractivity contribution in [1.29, 1.82) is 0 Å². The average molecular weight is 239 g/mol. The van der Waals surface area contributed by atoms with Crippen LogP contribution in [0.2, 0.25) is 0 Å². The van der Waals surface area contributed by atoms with Crippen LogP contribution < -0.4 is 0 Å². The number of carbonyl (C=O) groups is 1. The Labute approximate surface area is 107 Å². The predicted molar refractivity (Wildman–Crippen MR) is 73.0 cm³/mol. The number of Topliss-reactive ketones (excluding diaryl/α,β-unsaturated/α-hetero) is 1. The van der Waals surface area contributed by atoms with Crippen molar-refractivity contribution in [2.24, 2.45) is 0 Å². The van der Waals surface area contributed by atoms with Crippen molar-refractivity contribution in [3.63, 3.8) is 0 Å². The lowest BCUT2D eigenvalue weighted by Crippen LogP contribution is -2.16. The fourth-order valence-electron chi connectivity index (χ4n) is 2.90. The number of fused-ring (bicyclic) bond motifs is 2. The molecule has 92 valence electrons. The number of hydrogen-bond acceptors (Lipinski definition) is 2. The largest absolute Gasteiger partial charge is 0.292 e. The standard InChI is InChI=1S/C16H17NO/c1-2-6-11-12-7-3-4-9-14(12)17-16-13(11)8-5-10-15(16)18/h3-4,7,9H,2,5-6,8,10H2,1H3. The number of benzene rings is 1. The summed E-state index contributed by atoms with van der Waals surface area (Å²) in [4.78, 5) is 16.6. The summed E-state index contributed by atoms with van der Waals surface area (Å²) in [5.74, 6) is 0.222. The summed E-state index contributed by atoms with van der Waals surface area (Å²) < 4.78 is 0. The molecule has 1 aliphatic rings. The first-order valence-electron chi connectivity index (χ1n) is 6.75. The van der Waals surface area contributed by atoms with E-state index in [0.29, 0.717) is 6.42 Å². The number of rotatable bonds is 2. The van der Waals surface area contributed by atoms with Gasteiger partial charge in [-0.1, -0.05) is 31.5 Å². The summed E-state index contributed by atoms with van der Waals surface area (Å²) in [7, 11) is 0. The van der Waals surface area contributed by atoms with Gasteiger partial charge in [0.15, 0.2) is 5.78 Å². The van der Waals surface area contributed by atoms with Gasteiger partial charge in [0, 0.05) is 11.8 Å². The van der Waals surface area contributed by atoms with Crippen LogP contribution in [-0.2, 0) is 12.8 Å². The van der Waals surface area contributed by atoms with Crippen LogP contribution in [0.15, 0.2) is 24.3 Å². The third kappa shape index (κ3) is 1.72. The Kier molecular flexibility index (Phi) is 2.86. The van der Waals surface area contributed by atoms with Crippen molar-refractivity contribution in [2.75, 3.05) is 0 Å². The monoisotopic (exact) mass is 239 g/mol. The van der Waals surface area contributed by atoms with Gasteiger partial charge in [-0.25, -0.2) is 4.98 Å². The minimum Gasteiger partial charge on any atom is -0.292 e. The molecule has 0 radical (unpaired) electrons. The lowest BCUT2D eigenvalue weighted by atomic mass is 9.87. The van der Waals surface area contributed by atoms with Gasteiger partial charge in [0.25, 0.3) is 0 Å². The molecule has 0 spiro atoms. The van der Waals surface area contributed by atoms with E-state index >= 15 is 0 Å². The van der Waals surface area contributed by atoms with Gasteiger partial charge < -0.3 is 0 Å². The average Bonchev–Trinajstić information content (AvgIpc) is 2.40.